The van der Waals surface area contributed by atoms with Crippen molar-refractivity contribution in [1.82, 2.24) is 15.2 Å². The fraction of sp³-hybridized carbons (Fsp3) is 0.294. The summed E-state index contributed by atoms with van der Waals surface area (Å²) in [6.07, 6.45) is 4.63. The summed E-state index contributed by atoms with van der Waals surface area (Å²) in [7, 11) is 4.00. The van der Waals surface area contributed by atoms with E-state index in [1.807, 2.05) is 49.5 Å². The van der Waals surface area contributed by atoms with E-state index in [0.717, 1.165) is 18.9 Å². The minimum atomic E-state index is 0. The first-order valence-corrected chi connectivity index (χ1v) is 7.14. The van der Waals surface area contributed by atoms with E-state index in [0.29, 0.717) is 6.54 Å². The number of pyridine rings is 1. The van der Waals surface area contributed by atoms with Crippen molar-refractivity contribution in [3.05, 3.63) is 66.0 Å². The molecule has 1 heterocycles. The molecule has 5 heteroatoms. The van der Waals surface area contributed by atoms with Gasteiger partial charge in [-0.15, -0.1) is 24.0 Å². The lowest BCUT2D eigenvalue weighted by Gasteiger charge is -2.17. The third-order valence-corrected chi connectivity index (χ3v) is 3.10. The van der Waals surface area contributed by atoms with Gasteiger partial charge in [0, 0.05) is 33.0 Å². The lowest BCUT2D eigenvalue weighted by atomic mass is 10.2. The lowest BCUT2D eigenvalue weighted by molar-refractivity contribution is 0.579. The van der Waals surface area contributed by atoms with E-state index >= 15 is 0 Å². The Hall–Kier alpha value is -1.63. The molecule has 0 atom stereocenters. The van der Waals surface area contributed by atoms with E-state index in [-0.39, 0.29) is 24.0 Å². The monoisotopic (exact) mass is 410 g/mol. The van der Waals surface area contributed by atoms with Crippen molar-refractivity contribution in [3.8, 4) is 0 Å². The summed E-state index contributed by atoms with van der Waals surface area (Å²) >= 11 is 0. The van der Waals surface area contributed by atoms with Crippen LogP contribution in [0.5, 0.6) is 0 Å². The summed E-state index contributed by atoms with van der Waals surface area (Å²) in [5.74, 6) is 0.905. The lowest BCUT2D eigenvalue weighted by Crippen LogP contribution is -2.37. The smallest absolute Gasteiger partial charge is 0.193 e. The molecular weight excluding hydrogens is 387 g/mol. The van der Waals surface area contributed by atoms with Crippen molar-refractivity contribution in [1.29, 1.82) is 0 Å². The molecule has 0 saturated heterocycles. The molecule has 1 aromatic heterocycles. The minimum absolute atomic E-state index is 0. The van der Waals surface area contributed by atoms with Crippen LogP contribution in [-0.2, 0) is 13.0 Å². The first kappa shape index (κ1) is 18.4. The quantitative estimate of drug-likeness (QED) is 0.468. The fourth-order valence-electron chi connectivity index (χ4n) is 1.97. The highest BCUT2D eigenvalue weighted by Crippen LogP contribution is 2.01. The van der Waals surface area contributed by atoms with Gasteiger partial charge in [-0.2, -0.15) is 0 Å². The Morgan fingerprint density at radius 1 is 1.09 bits per heavy atom. The van der Waals surface area contributed by atoms with Gasteiger partial charge in [-0.05, 0) is 23.6 Å². The van der Waals surface area contributed by atoms with Gasteiger partial charge in [-0.25, -0.2) is 4.99 Å². The molecule has 0 unspecified atom stereocenters. The van der Waals surface area contributed by atoms with Crippen LogP contribution in [0.4, 0.5) is 0 Å². The first-order chi connectivity index (χ1) is 10.3. The van der Waals surface area contributed by atoms with Crippen LogP contribution >= 0.6 is 24.0 Å². The van der Waals surface area contributed by atoms with E-state index in [9.17, 15) is 0 Å². The molecule has 0 amide bonds. The third kappa shape index (κ3) is 6.43. The zero-order chi connectivity index (χ0) is 14.9. The number of hydrogen-bond acceptors (Lipinski definition) is 2. The second-order valence-electron chi connectivity index (χ2n) is 5.06. The van der Waals surface area contributed by atoms with E-state index in [4.69, 9.17) is 0 Å². The van der Waals surface area contributed by atoms with Crippen LogP contribution < -0.4 is 5.32 Å². The largest absolute Gasteiger partial charge is 0.356 e. The van der Waals surface area contributed by atoms with Gasteiger partial charge in [0.05, 0.1) is 6.54 Å². The Labute approximate surface area is 149 Å². The van der Waals surface area contributed by atoms with Crippen LogP contribution in [0.2, 0.25) is 0 Å². The molecule has 0 spiro atoms. The van der Waals surface area contributed by atoms with Crippen molar-refractivity contribution < 1.29 is 0 Å². The second-order valence-corrected chi connectivity index (χ2v) is 5.06. The van der Waals surface area contributed by atoms with Gasteiger partial charge < -0.3 is 10.2 Å². The van der Waals surface area contributed by atoms with Crippen molar-refractivity contribution >= 4 is 29.9 Å². The van der Waals surface area contributed by atoms with Crippen LogP contribution in [0.1, 0.15) is 11.1 Å². The third-order valence-electron chi connectivity index (χ3n) is 3.10. The molecule has 0 bridgehead atoms. The highest BCUT2D eigenvalue weighted by Gasteiger charge is 2.01. The summed E-state index contributed by atoms with van der Waals surface area (Å²) in [5.41, 5.74) is 2.44. The fourth-order valence-corrected chi connectivity index (χ4v) is 1.97. The van der Waals surface area contributed by atoms with Gasteiger partial charge >= 0.3 is 0 Å². The van der Waals surface area contributed by atoms with Crippen molar-refractivity contribution in [3.63, 3.8) is 0 Å². The molecule has 0 saturated carbocycles. The van der Waals surface area contributed by atoms with Gasteiger partial charge in [0.15, 0.2) is 5.96 Å². The van der Waals surface area contributed by atoms with Crippen LogP contribution in [0.3, 0.4) is 0 Å². The Morgan fingerprint density at radius 3 is 2.45 bits per heavy atom. The molecular formula is C17H23IN4. The maximum Gasteiger partial charge on any atom is 0.193 e. The highest BCUT2D eigenvalue weighted by atomic mass is 127. The predicted octanol–water partition coefficient (Wildman–Crippen LogP) is 2.95. The Bertz CT molecular complexity index is 555. The van der Waals surface area contributed by atoms with Crippen molar-refractivity contribution in [2.45, 2.75) is 13.0 Å². The average molecular weight is 410 g/mol. The van der Waals surface area contributed by atoms with Crippen molar-refractivity contribution in [2.24, 2.45) is 4.99 Å². The summed E-state index contributed by atoms with van der Waals surface area (Å²) in [4.78, 5) is 10.8. The zero-order valence-corrected chi connectivity index (χ0v) is 15.4. The number of aliphatic imine (C=N–C) groups is 1. The number of benzene rings is 1. The molecule has 22 heavy (non-hydrogen) atoms. The van der Waals surface area contributed by atoms with Crippen LogP contribution in [-0.4, -0.2) is 36.5 Å². The molecule has 0 aliphatic heterocycles. The minimum Gasteiger partial charge on any atom is -0.356 e. The molecule has 0 aliphatic rings. The predicted molar refractivity (Wildman–Crippen MR) is 103 cm³/mol. The van der Waals surface area contributed by atoms with Crippen LogP contribution in [0, 0.1) is 0 Å². The van der Waals surface area contributed by atoms with Crippen molar-refractivity contribution in [2.75, 3.05) is 20.6 Å². The van der Waals surface area contributed by atoms with Gasteiger partial charge in [0.25, 0.3) is 0 Å². The van der Waals surface area contributed by atoms with Crippen LogP contribution in [0.25, 0.3) is 0 Å². The molecule has 2 rings (SSSR count). The number of guanidine groups is 1. The number of nitrogens with zero attached hydrogens (tertiary/aromatic N) is 3. The zero-order valence-electron chi connectivity index (χ0n) is 13.1. The number of hydrogen-bond donors (Lipinski definition) is 1. The number of halogens is 1. The van der Waals surface area contributed by atoms with E-state index in [2.05, 4.69) is 33.5 Å². The molecule has 4 nitrogen and oxygen atoms in total. The average Bonchev–Trinajstić information content (AvgIpc) is 2.52. The molecule has 2 aromatic rings. The maximum absolute atomic E-state index is 4.64. The number of rotatable bonds is 5. The number of aromatic nitrogens is 1. The van der Waals surface area contributed by atoms with Crippen LogP contribution in [0.15, 0.2) is 59.9 Å². The van der Waals surface area contributed by atoms with Gasteiger partial charge in [-0.1, -0.05) is 36.4 Å². The summed E-state index contributed by atoms with van der Waals surface area (Å²) in [6.45, 7) is 1.53. The molecule has 118 valence electrons. The van der Waals surface area contributed by atoms with E-state index in [1.54, 1.807) is 6.20 Å². The Balaban J connectivity index is 0.00000242. The summed E-state index contributed by atoms with van der Waals surface area (Å²) in [6, 6.07) is 14.3. The Morgan fingerprint density at radius 2 is 1.82 bits per heavy atom. The standard InChI is InChI=1S/C17H22N4.HI/c1-21(2)17(20-14-15-7-4-3-5-8-15)19-12-10-16-9-6-11-18-13-16;/h3-9,11,13H,10,12,14H2,1-2H3,(H,19,20);1H. The highest BCUT2D eigenvalue weighted by molar-refractivity contribution is 14.0. The van der Waals surface area contributed by atoms with E-state index in [1.165, 1.54) is 11.1 Å². The maximum atomic E-state index is 4.64. The summed E-state index contributed by atoms with van der Waals surface area (Å²) < 4.78 is 0. The SMILES string of the molecule is CN(C)C(=NCc1ccccc1)NCCc1cccnc1.I. The molecule has 0 radical (unpaired) electrons. The second kappa shape index (κ2) is 10.2. The van der Waals surface area contributed by atoms with Gasteiger partial charge in [-0.3, -0.25) is 4.98 Å². The summed E-state index contributed by atoms with van der Waals surface area (Å²) in [5, 5.41) is 3.39. The molecule has 1 aromatic carbocycles. The number of nitrogens with one attached hydrogen (secondary N) is 1. The van der Waals surface area contributed by atoms with Gasteiger partial charge in [0.1, 0.15) is 0 Å². The Kier molecular flexibility index (Phi) is 8.50. The van der Waals surface area contributed by atoms with Gasteiger partial charge in [0.2, 0.25) is 0 Å². The molecule has 0 fully saturated rings. The topological polar surface area (TPSA) is 40.5 Å². The first-order valence-electron chi connectivity index (χ1n) is 7.14. The normalized spacial score (nSPS) is 10.7. The molecule has 1 N–H and O–H groups in total. The molecule has 0 aliphatic carbocycles. The van der Waals surface area contributed by atoms with E-state index < -0.39 is 0 Å².